The maximum atomic E-state index is 13.9. The molecule has 1 amide bonds. The molecule has 2 aromatic heterocycles. The van der Waals surface area contributed by atoms with E-state index in [0.717, 1.165) is 36.6 Å². The van der Waals surface area contributed by atoms with Crippen LogP contribution in [0.2, 0.25) is 0 Å². The van der Waals surface area contributed by atoms with Crippen molar-refractivity contribution in [1.82, 2.24) is 5.01 Å². The quantitative estimate of drug-likeness (QED) is 0.513. The van der Waals surface area contributed by atoms with E-state index in [0.29, 0.717) is 11.5 Å². The fourth-order valence-electron chi connectivity index (χ4n) is 4.39. The van der Waals surface area contributed by atoms with Crippen LogP contribution in [0.15, 0.2) is 80.6 Å². The molecule has 1 aromatic carbocycles. The lowest BCUT2D eigenvalue weighted by molar-refractivity contribution is -0.137. The van der Waals surface area contributed by atoms with Crippen LogP contribution < -0.4 is 0 Å². The topological polar surface area (TPSA) is 85.3 Å². The van der Waals surface area contributed by atoms with Gasteiger partial charge in [0.15, 0.2) is 6.61 Å². The number of amides is 1. The van der Waals surface area contributed by atoms with Gasteiger partial charge >= 0.3 is 5.97 Å². The lowest BCUT2D eigenvalue weighted by Gasteiger charge is -2.27. The smallest absolute Gasteiger partial charge is 0.341 e. The molecule has 2 unspecified atom stereocenters. The van der Waals surface area contributed by atoms with Crippen LogP contribution >= 0.6 is 0 Å². The van der Waals surface area contributed by atoms with Gasteiger partial charge in [0.1, 0.15) is 23.4 Å². The van der Waals surface area contributed by atoms with Crippen LogP contribution in [-0.2, 0) is 9.53 Å². The fourth-order valence-corrected chi connectivity index (χ4v) is 4.39. The van der Waals surface area contributed by atoms with Gasteiger partial charge in [0, 0.05) is 5.92 Å². The van der Waals surface area contributed by atoms with Gasteiger partial charge in [-0.1, -0.05) is 12.1 Å². The zero-order chi connectivity index (χ0) is 22.8. The third-order valence-corrected chi connectivity index (χ3v) is 5.87. The highest BCUT2D eigenvalue weighted by atomic mass is 19.1. The number of allylic oxidation sites excluding steroid dienone is 1. The maximum absolute atomic E-state index is 13.9. The summed E-state index contributed by atoms with van der Waals surface area (Å²) in [5, 5.41) is 5.97. The van der Waals surface area contributed by atoms with Crippen LogP contribution in [0.25, 0.3) is 6.08 Å². The second kappa shape index (κ2) is 8.90. The van der Waals surface area contributed by atoms with Crippen LogP contribution in [0, 0.1) is 11.7 Å². The van der Waals surface area contributed by atoms with Crippen LogP contribution in [-0.4, -0.2) is 29.2 Å². The van der Waals surface area contributed by atoms with Gasteiger partial charge in [0.2, 0.25) is 0 Å². The molecule has 1 aliphatic carbocycles. The average molecular weight is 448 g/mol. The Morgan fingerprint density at radius 1 is 1.12 bits per heavy atom. The molecule has 3 heterocycles. The molecule has 0 radical (unpaired) electrons. The lowest BCUT2D eigenvalue weighted by Crippen LogP contribution is -2.34. The number of carbonyl (C=O) groups is 2. The number of fused-ring (bicyclic) bond motifs is 1. The molecule has 3 aromatic rings. The van der Waals surface area contributed by atoms with Crippen molar-refractivity contribution in [3.05, 3.63) is 89.5 Å². The Kier molecular flexibility index (Phi) is 5.64. The second-order valence-corrected chi connectivity index (χ2v) is 7.92. The Balaban J connectivity index is 1.40. The number of carbonyl (C=O) groups excluding carboxylic acids is 2. The summed E-state index contributed by atoms with van der Waals surface area (Å²) in [5.41, 5.74) is 1.57. The summed E-state index contributed by atoms with van der Waals surface area (Å²) in [7, 11) is 0. The third-order valence-electron chi connectivity index (χ3n) is 5.87. The Bertz CT molecular complexity index is 1210. The largest absolute Gasteiger partial charge is 0.467 e. The molecular formula is C25H21FN2O5. The Morgan fingerprint density at radius 2 is 1.94 bits per heavy atom. The molecule has 7 nitrogen and oxygen atoms in total. The SMILES string of the molecule is O=C(OCC(=O)N1N=C2C(=Cc3ccco3)CCCC2C1c1ccco1)c1ccccc1F. The van der Waals surface area contributed by atoms with Gasteiger partial charge < -0.3 is 13.6 Å². The summed E-state index contributed by atoms with van der Waals surface area (Å²) in [4.78, 5) is 25.4. The summed E-state index contributed by atoms with van der Waals surface area (Å²) >= 11 is 0. The van der Waals surface area contributed by atoms with Crippen molar-refractivity contribution < 1.29 is 27.6 Å². The van der Waals surface area contributed by atoms with E-state index in [2.05, 4.69) is 5.10 Å². The van der Waals surface area contributed by atoms with Gasteiger partial charge in [0.25, 0.3) is 5.91 Å². The van der Waals surface area contributed by atoms with E-state index in [9.17, 15) is 14.0 Å². The van der Waals surface area contributed by atoms with Crippen molar-refractivity contribution in [2.24, 2.45) is 11.0 Å². The first kappa shape index (κ1) is 20.9. The number of benzene rings is 1. The molecule has 1 aliphatic heterocycles. The third kappa shape index (κ3) is 4.11. The van der Waals surface area contributed by atoms with Gasteiger partial charge in [-0.05, 0) is 67.3 Å². The van der Waals surface area contributed by atoms with Crippen LogP contribution in [0.5, 0.6) is 0 Å². The number of nitrogens with zero attached hydrogens (tertiary/aromatic N) is 2. The summed E-state index contributed by atoms with van der Waals surface area (Å²) in [6.07, 6.45) is 7.67. The number of halogens is 1. The summed E-state index contributed by atoms with van der Waals surface area (Å²) < 4.78 is 30.1. The molecule has 1 saturated carbocycles. The van der Waals surface area contributed by atoms with Crippen molar-refractivity contribution in [2.75, 3.05) is 6.61 Å². The normalized spacial score (nSPS) is 21.1. The standard InChI is InChI=1S/C25H21FN2O5/c26-20-10-2-1-8-18(20)25(30)33-15-22(29)28-24(21-11-5-13-32-21)19-9-3-6-16(23(19)27-28)14-17-7-4-12-31-17/h1-2,4-5,7-8,10-14,19,24H,3,6,9,15H2. The van der Waals surface area contributed by atoms with Gasteiger partial charge in [-0.15, -0.1) is 0 Å². The molecule has 1 fully saturated rings. The number of hydrazone groups is 1. The number of esters is 1. The summed E-state index contributed by atoms with van der Waals surface area (Å²) in [5.74, 6) is -0.863. The van der Waals surface area contributed by atoms with Crippen LogP contribution in [0.3, 0.4) is 0 Å². The van der Waals surface area contributed by atoms with Crippen molar-refractivity contribution in [3.63, 3.8) is 0 Å². The molecule has 2 aliphatic rings. The highest BCUT2D eigenvalue weighted by Gasteiger charge is 2.45. The molecule has 5 rings (SSSR count). The minimum absolute atomic E-state index is 0.0580. The molecule has 2 atom stereocenters. The number of ether oxygens (including phenoxy) is 1. The van der Waals surface area contributed by atoms with Crippen LogP contribution in [0.4, 0.5) is 4.39 Å². The van der Waals surface area contributed by atoms with Crippen molar-refractivity contribution in [3.8, 4) is 0 Å². The fraction of sp³-hybridized carbons (Fsp3) is 0.240. The predicted octanol–water partition coefficient (Wildman–Crippen LogP) is 4.99. The maximum Gasteiger partial charge on any atom is 0.341 e. The van der Waals surface area contributed by atoms with E-state index in [1.165, 1.54) is 23.2 Å². The highest BCUT2D eigenvalue weighted by Crippen LogP contribution is 2.44. The highest BCUT2D eigenvalue weighted by molar-refractivity contribution is 6.08. The van der Waals surface area contributed by atoms with Gasteiger partial charge in [0.05, 0.1) is 23.8 Å². The van der Waals surface area contributed by atoms with E-state index < -0.39 is 30.3 Å². The zero-order valence-electron chi connectivity index (χ0n) is 17.6. The molecule has 168 valence electrons. The lowest BCUT2D eigenvalue weighted by atomic mass is 9.79. The number of hydrogen-bond donors (Lipinski definition) is 0. The zero-order valence-corrected chi connectivity index (χ0v) is 17.6. The average Bonchev–Trinajstić information content (AvgIpc) is 3.58. The molecule has 8 heteroatoms. The predicted molar refractivity (Wildman–Crippen MR) is 116 cm³/mol. The van der Waals surface area contributed by atoms with E-state index in [-0.39, 0.29) is 11.5 Å². The second-order valence-electron chi connectivity index (χ2n) is 7.92. The van der Waals surface area contributed by atoms with Crippen molar-refractivity contribution >= 4 is 23.7 Å². The Hall–Kier alpha value is -3.94. The first-order chi connectivity index (χ1) is 16.1. The minimum atomic E-state index is -0.904. The summed E-state index contributed by atoms with van der Waals surface area (Å²) in [6.45, 7) is -0.564. The molecule has 0 bridgehead atoms. The van der Waals surface area contributed by atoms with Crippen molar-refractivity contribution in [2.45, 2.75) is 25.3 Å². The number of rotatable bonds is 5. The Morgan fingerprint density at radius 3 is 2.70 bits per heavy atom. The van der Waals surface area contributed by atoms with Gasteiger partial charge in [-0.25, -0.2) is 14.2 Å². The Labute approximate surface area is 189 Å². The summed E-state index contributed by atoms with van der Waals surface area (Å²) in [6, 6.07) is 12.3. The molecule has 0 N–H and O–H groups in total. The first-order valence-electron chi connectivity index (χ1n) is 10.7. The monoisotopic (exact) mass is 448 g/mol. The van der Waals surface area contributed by atoms with Crippen molar-refractivity contribution in [1.29, 1.82) is 0 Å². The molecule has 33 heavy (non-hydrogen) atoms. The minimum Gasteiger partial charge on any atom is -0.467 e. The van der Waals surface area contributed by atoms with Crippen LogP contribution in [0.1, 0.15) is 47.2 Å². The first-order valence-corrected chi connectivity index (χ1v) is 10.7. The molecule has 0 spiro atoms. The van der Waals surface area contributed by atoms with Gasteiger partial charge in [-0.2, -0.15) is 5.10 Å². The van der Waals surface area contributed by atoms with E-state index in [1.54, 1.807) is 24.7 Å². The van der Waals surface area contributed by atoms with Gasteiger partial charge in [-0.3, -0.25) is 4.79 Å². The number of hydrogen-bond acceptors (Lipinski definition) is 6. The number of furan rings is 2. The van der Waals surface area contributed by atoms with E-state index in [1.807, 2.05) is 18.2 Å². The van der Waals surface area contributed by atoms with E-state index >= 15 is 0 Å². The molecule has 0 saturated heterocycles. The molecular weight excluding hydrogens is 427 g/mol. The van der Waals surface area contributed by atoms with E-state index in [4.69, 9.17) is 13.6 Å².